The van der Waals surface area contributed by atoms with E-state index in [-0.39, 0.29) is 17.7 Å². The zero-order chi connectivity index (χ0) is 15.5. The van der Waals surface area contributed by atoms with Crippen LogP contribution >= 0.6 is 0 Å². The largest absolute Gasteiger partial charge is 0.481 e. The van der Waals surface area contributed by atoms with Gasteiger partial charge in [-0.2, -0.15) is 0 Å². The van der Waals surface area contributed by atoms with Crippen molar-refractivity contribution < 1.29 is 19.4 Å². The number of rotatable bonds is 6. The van der Waals surface area contributed by atoms with E-state index in [1.54, 1.807) is 0 Å². The van der Waals surface area contributed by atoms with Crippen molar-refractivity contribution >= 4 is 11.9 Å². The van der Waals surface area contributed by atoms with Crippen molar-refractivity contribution in [2.75, 3.05) is 39.4 Å². The maximum absolute atomic E-state index is 12.4. The average Bonchev–Trinajstić information content (AvgIpc) is 3.13. The summed E-state index contributed by atoms with van der Waals surface area (Å²) in [6, 6.07) is 0. The summed E-state index contributed by atoms with van der Waals surface area (Å²) in [5.74, 6) is -1.74. The highest BCUT2D eigenvalue weighted by Crippen LogP contribution is 2.48. The molecule has 22 heavy (non-hydrogen) atoms. The number of nitrogens with one attached hydrogen (secondary N) is 1. The van der Waals surface area contributed by atoms with Crippen LogP contribution in [0.15, 0.2) is 12.2 Å². The van der Waals surface area contributed by atoms with Gasteiger partial charge in [0.05, 0.1) is 25.0 Å². The average molecular weight is 308 g/mol. The summed E-state index contributed by atoms with van der Waals surface area (Å²) in [5, 5.41) is 12.3. The molecule has 2 bridgehead atoms. The van der Waals surface area contributed by atoms with Gasteiger partial charge in [-0.05, 0) is 31.2 Å². The molecule has 0 aromatic carbocycles. The van der Waals surface area contributed by atoms with Crippen LogP contribution in [0.2, 0.25) is 0 Å². The lowest BCUT2D eigenvalue weighted by Gasteiger charge is -2.27. The minimum Gasteiger partial charge on any atom is -0.481 e. The molecule has 3 aliphatic rings. The molecule has 4 atom stereocenters. The van der Waals surface area contributed by atoms with Crippen LogP contribution in [-0.2, 0) is 14.3 Å². The molecule has 2 fully saturated rings. The molecule has 1 saturated heterocycles. The first-order valence-electron chi connectivity index (χ1n) is 8.16. The van der Waals surface area contributed by atoms with Gasteiger partial charge in [0.15, 0.2) is 0 Å². The van der Waals surface area contributed by atoms with Gasteiger partial charge in [-0.15, -0.1) is 0 Å². The Hall–Kier alpha value is -1.40. The standard InChI is InChI=1S/C16H24N2O4/c19-15(17-4-1-5-18-6-8-22-9-7-18)13-11-2-3-12(10-11)14(13)16(20)21/h2-3,11-14H,1,4-10H2,(H,17,19)(H,20,21)/t11-,12-,13-,14+/m0/s1. The summed E-state index contributed by atoms with van der Waals surface area (Å²) in [4.78, 5) is 26.1. The SMILES string of the molecule is O=C(NCCCN1CCOCC1)[C@@H]1[C@H](C(=O)O)[C@H]2C=C[C@H]1C2. The Morgan fingerprint density at radius 1 is 1.18 bits per heavy atom. The monoisotopic (exact) mass is 308 g/mol. The Kier molecular flexibility index (Phi) is 4.78. The van der Waals surface area contributed by atoms with Gasteiger partial charge < -0.3 is 15.2 Å². The molecular weight excluding hydrogens is 284 g/mol. The van der Waals surface area contributed by atoms with Crippen molar-refractivity contribution in [3.8, 4) is 0 Å². The molecule has 2 N–H and O–H groups in total. The van der Waals surface area contributed by atoms with Gasteiger partial charge in [0.25, 0.3) is 0 Å². The molecule has 1 heterocycles. The van der Waals surface area contributed by atoms with Crippen molar-refractivity contribution in [2.45, 2.75) is 12.8 Å². The molecule has 2 aliphatic carbocycles. The first-order chi connectivity index (χ1) is 10.7. The fourth-order valence-corrected chi connectivity index (χ4v) is 3.97. The molecule has 6 nitrogen and oxygen atoms in total. The molecule has 3 rings (SSSR count). The number of ether oxygens (including phenoxy) is 1. The van der Waals surface area contributed by atoms with E-state index in [4.69, 9.17) is 4.74 Å². The number of carbonyl (C=O) groups is 2. The number of amides is 1. The van der Waals surface area contributed by atoms with Crippen LogP contribution in [0.4, 0.5) is 0 Å². The molecule has 0 radical (unpaired) electrons. The summed E-state index contributed by atoms with van der Waals surface area (Å²) >= 11 is 0. The van der Waals surface area contributed by atoms with E-state index < -0.39 is 17.8 Å². The highest BCUT2D eigenvalue weighted by Gasteiger charge is 2.51. The van der Waals surface area contributed by atoms with Crippen LogP contribution < -0.4 is 5.32 Å². The number of allylic oxidation sites excluding steroid dienone is 2. The fraction of sp³-hybridized carbons (Fsp3) is 0.750. The van der Waals surface area contributed by atoms with Crippen LogP contribution in [0.25, 0.3) is 0 Å². The van der Waals surface area contributed by atoms with Gasteiger partial charge in [0.2, 0.25) is 5.91 Å². The highest BCUT2D eigenvalue weighted by molar-refractivity contribution is 5.86. The second-order valence-electron chi connectivity index (χ2n) is 6.44. The van der Waals surface area contributed by atoms with E-state index in [2.05, 4.69) is 10.2 Å². The zero-order valence-electron chi connectivity index (χ0n) is 12.7. The summed E-state index contributed by atoms with van der Waals surface area (Å²) in [6.45, 7) is 5.02. The molecule has 6 heteroatoms. The summed E-state index contributed by atoms with van der Waals surface area (Å²) in [6.07, 6.45) is 5.68. The van der Waals surface area contributed by atoms with E-state index >= 15 is 0 Å². The van der Waals surface area contributed by atoms with Crippen LogP contribution in [0, 0.1) is 23.7 Å². The fourth-order valence-electron chi connectivity index (χ4n) is 3.97. The van der Waals surface area contributed by atoms with Crippen molar-refractivity contribution in [3.05, 3.63) is 12.2 Å². The number of hydrogen-bond donors (Lipinski definition) is 2. The Bertz CT molecular complexity index is 459. The Balaban J connectivity index is 1.43. The summed E-state index contributed by atoms with van der Waals surface area (Å²) in [7, 11) is 0. The van der Waals surface area contributed by atoms with Gasteiger partial charge in [-0.1, -0.05) is 12.2 Å². The number of hydrogen-bond acceptors (Lipinski definition) is 4. The van der Waals surface area contributed by atoms with Crippen LogP contribution in [-0.4, -0.2) is 61.3 Å². The maximum atomic E-state index is 12.4. The van der Waals surface area contributed by atoms with Crippen LogP contribution in [0.1, 0.15) is 12.8 Å². The first kappa shape index (κ1) is 15.5. The normalized spacial score (nSPS) is 34.0. The number of carbonyl (C=O) groups excluding carboxylic acids is 1. The molecular formula is C16H24N2O4. The molecule has 1 saturated carbocycles. The topological polar surface area (TPSA) is 78.9 Å². The third-order valence-corrected chi connectivity index (χ3v) is 5.10. The van der Waals surface area contributed by atoms with E-state index in [9.17, 15) is 14.7 Å². The van der Waals surface area contributed by atoms with E-state index in [1.165, 1.54) is 0 Å². The molecule has 0 spiro atoms. The van der Waals surface area contributed by atoms with E-state index in [1.807, 2.05) is 12.2 Å². The lowest BCUT2D eigenvalue weighted by atomic mass is 9.82. The highest BCUT2D eigenvalue weighted by atomic mass is 16.5. The number of nitrogens with zero attached hydrogens (tertiary/aromatic N) is 1. The third kappa shape index (κ3) is 3.17. The van der Waals surface area contributed by atoms with Crippen LogP contribution in [0.5, 0.6) is 0 Å². The Morgan fingerprint density at radius 3 is 2.55 bits per heavy atom. The van der Waals surface area contributed by atoms with Crippen molar-refractivity contribution in [2.24, 2.45) is 23.7 Å². The number of fused-ring (bicyclic) bond motifs is 2. The second-order valence-corrected chi connectivity index (χ2v) is 6.44. The predicted molar refractivity (Wildman–Crippen MR) is 80.2 cm³/mol. The first-order valence-corrected chi connectivity index (χ1v) is 8.16. The zero-order valence-corrected chi connectivity index (χ0v) is 12.7. The molecule has 0 aromatic heterocycles. The van der Waals surface area contributed by atoms with Crippen LogP contribution in [0.3, 0.4) is 0 Å². The second kappa shape index (κ2) is 6.79. The molecule has 1 aliphatic heterocycles. The molecule has 0 aromatic rings. The maximum Gasteiger partial charge on any atom is 0.307 e. The summed E-state index contributed by atoms with van der Waals surface area (Å²) in [5.41, 5.74) is 0. The Labute approximate surface area is 130 Å². The number of aliphatic carboxylic acids is 1. The third-order valence-electron chi connectivity index (χ3n) is 5.10. The van der Waals surface area contributed by atoms with Gasteiger partial charge in [0, 0.05) is 19.6 Å². The molecule has 0 unspecified atom stereocenters. The molecule has 1 amide bonds. The van der Waals surface area contributed by atoms with Gasteiger partial charge in [-0.25, -0.2) is 0 Å². The number of carboxylic acids is 1. The lowest BCUT2D eigenvalue weighted by molar-refractivity contribution is -0.147. The lowest BCUT2D eigenvalue weighted by Crippen LogP contribution is -2.42. The quantitative estimate of drug-likeness (QED) is 0.547. The van der Waals surface area contributed by atoms with Gasteiger partial charge in [0.1, 0.15) is 0 Å². The minimum absolute atomic E-state index is 0.0339. The minimum atomic E-state index is -0.842. The smallest absolute Gasteiger partial charge is 0.307 e. The predicted octanol–water partition coefficient (Wildman–Crippen LogP) is 0.348. The van der Waals surface area contributed by atoms with E-state index in [0.717, 1.165) is 45.7 Å². The van der Waals surface area contributed by atoms with Gasteiger partial charge in [-0.3, -0.25) is 14.5 Å². The number of morpholine rings is 1. The Morgan fingerprint density at radius 2 is 1.86 bits per heavy atom. The number of carboxylic acid groups (broad SMARTS) is 1. The van der Waals surface area contributed by atoms with Gasteiger partial charge >= 0.3 is 5.97 Å². The van der Waals surface area contributed by atoms with Crippen molar-refractivity contribution in [1.82, 2.24) is 10.2 Å². The summed E-state index contributed by atoms with van der Waals surface area (Å²) < 4.78 is 5.30. The molecule has 122 valence electrons. The van der Waals surface area contributed by atoms with Crippen molar-refractivity contribution in [3.63, 3.8) is 0 Å². The van der Waals surface area contributed by atoms with Crippen molar-refractivity contribution in [1.29, 1.82) is 0 Å². The van der Waals surface area contributed by atoms with E-state index in [0.29, 0.717) is 6.54 Å².